The quantitative estimate of drug-likeness (QED) is 0.0390. The summed E-state index contributed by atoms with van der Waals surface area (Å²) in [5.41, 5.74) is 0. The van der Waals surface area contributed by atoms with Crippen molar-refractivity contribution in [3.8, 4) is 0 Å². The van der Waals surface area contributed by atoms with Gasteiger partial charge in [-0.25, -0.2) is 0 Å². The topological polar surface area (TPSA) is 110 Å². The van der Waals surface area contributed by atoms with E-state index in [1.54, 1.807) is 0 Å². The molecule has 0 saturated carbocycles. The van der Waals surface area contributed by atoms with Gasteiger partial charge in [-0.05, 0) is 12.8 Å². The van der Waals surface area contributed by atoms with Crippen LogP contribution in [0.1, 0.15) is 354 Å². The minimum Gasteiger partial charge on any atom is -0.394 e. The van der Waals surface area contributed by atoms with Crippen LogP contribution in [0.4, 0.5) is 0 Å². The second-order valence-electron chi connectivity index (χ2n) is 21.8. The summed E-state index contributed by atoms with van der Waals surface area (Å²) in [5, 5.41) is 44.1. The van der Waals surface area contributed by atoms with E-state index < -0.39 is 36.9 Å². The lowest BCUT2D eigenvalue weighted by molar-refractivity contribution is -0.132. The van der Waals surface area contributed by atoms with Gasteiger partial charge in [0, 0.05) is 0 Å². The summed E-state index contributed by atoms with van der Waals surface area (Å²) in [7, 11) is 0. The van der Waals surface area contributed by atoms with Crippen LogP contribution < -0.4 is 5.32 Å². The van der Waals surface area contributed by atoms with Crippen LogP contribution in [0.25, 0.3) is 0 Å². The number of nitrogens with one attached hydrogen (secondary N) is 1. The van der Waals surface area contributed by atoms with Gasteiger partial charge in [-0.1, -0.05) is 341 Å². The van der Waals surface area contributed by atoms with Crippen molar-refractivity contribution in [3.63, 3.8) is 0 Å². The maximum atomic E-state index is 12.6. The van der Waals surface area contributed by atoms with Gasteiger partial charge in [-0.15, -0.1) is 0 Å². The molecule has 0 heterocycles. The lowest BCUT2D eigenvalue weighted by Crippen LogP contribution is -2.53. The van der Waals surface area contributed by atoms with Crippen LogP contribution in [0.3, 0.4) is 0 Å². The molecule has 0 aliphatic heterocycles. The molecule has 4 unspecified atom stereocenters. The van der Waals surface area contributed by atoms with E-state index in [9.17, 15) is 25.2 Å². The van der Waals surface area contributed by atoms with Crippen molar-refractivity contribution in [1.82, 2.24) is 5.32 Å². The zero-order chi connectivity index (χ0) is 48.8. The van der Waals surface area contributed by atoms with Gasteiger partial charge >= 0.3 is 0 Å². The van der Waals surface area contributed by atoms with Crippen molar-refractivity contribution >= 4 is 5.91 Å². The number of carbonyl (C=O) groups is 1. The molecular formula is C61H123NO5. The molecule has 0 radical (unpaired) electrons. The van der Waals surface area contributed by atoms with Crippen molar-refractivity contribution in [2.24, 2.45) is 0 Å². The van der Waals surface area contributed by atoms with Crippen molar-refractivity contribution in [3.05, 3.63) is 0 Å². The van der Waals surface area contributed by atoms with Gasteiger partial charge in [0.2, 0.25) is 5.91 Å². The highest BCUT2D eigenvalue weighted by atomic mass is 16.3. The molecule has 0 spiro atoms. The SMILES string of the molecule is CCCCCCCCCCCCCCCCCCCCCCCCCCCCCCCCCC(O)C(O)C(CO)NC(=O)C(O)CCCCCCCCCCCCCCCCCCCCCC. The van der Waals surface area contributed by atoms with Crippen LogP contribution in [0.15, 0.2) is 0 Å². The summed E-state index contributed by atoms with van der Waals surface area (Å²) in [6, 6.07) is -0.981. The van der Waals surface area contributed by atoms with Gasteiger partial charge in [0.15, 0.2) is 0 Å². The molecule has 5 N–H and O–H groups in total. The molecular weight excluding hydrogens is 827 g/mol. The van der Waals surface area contributed by atoms with Crippen LogP contribution >= 0.6 is 0 Å². The Hall–Kier alpha value is -0.690. The third-order valence-corrected chi connectivity index (χ3v) is 15.1. The molecule has 0 aromatic carbocycles. The molecule has 0 fully saturated rings. The van der Waals surface area contributed by atoms with Crippen LogP contribution in [0.2, 0.25) is 0 Å². The van der Waals surface area contributed by atoms with Gasteiger partial charge < -0.3 is 25.7 Å². The largest absolute Gasteiger partial charge is 0.394 e. The normalized spacial score (nSPS) is 13.6. The van der Waals surface area contributed by atoms with Crippen LogP contribution in [0, 0.1) is 0 Å². The van der Waals surface area contributed by atoms with Crippen LogP contribution in [0.5, 0.6) is 0 Å². The van der Waals surface area contributed by atoms with Gasteiger partial charge in [-0.2, -0.15) is 0 Å². The molecule has 6 nitrogen and oxygen atoms in total. The number of aliphatic hydroxyl groups excluding tert-OH is 4. The summed E-state index contributed by atoms with van der Waals surface area (Å²) >= 11 is 0. The molecule has 0 bridgehead atoms. The highest BCUT2D eigenvalue weighted by Crippen LogP contribution is 2.19. The standard InChI is InChI=1S/C61H123NO5/c1-3-5-7-9-11-13-15-17-19-21-23-25-26-27-28-29-30-31-32-33-34-35-37-38-40-42-44-46-48-50-52-54-58(64)60(66)57(56-63)62-61(67)59(65)55-53-51-49-47-45-43-41-39-36-24-22-20-18-16-14-12-10-8-6-4-2/h57-60,63-66H,3-56H2,1-2H3,(H,62,67). The molecule has 0 aliphatic carbocycles. The first kappa shape index (κ1) is 66.3. The van der Waals surface area contributed by atoms with E-state index in [-0.39, 0.29) is 0 Å². The first-order valence-electron chi connectivity index (χ1n) is 30.9. The monoisotopic (exact) mass is 950 g/mol. The van der Waals surface area contributed by atoms with Crippen molar-refractivity contribution in [2.45, 2.75) is 379 Å². The Labute approximate surface area is 420 Å². The maximum absolute atomic E-state index is 12.6. The molecule has 67 heavy (non-hydrogen) atoms. The lowest BCUT2D eigenvalue weighted by Gasteiger charge is -2.27. The Morgan fingerprint density at radius 2 is 0.507 bits per heavy atom. The number of hydrogen-bond donors (Lipinski definition) is 5. The zero-order valence-electron chi connectivity index (χ0n) is 45.7. The predicted octanol–water partition coefficient (Wildman–Crippen LogP) is 18.3. The zero-order valence-corrected chi connectivity index (χ0v) is 45.7. The van der Waals surface area contributed by atoms with E-state index in [1.165, 1.54) is 289 Å². The number of aliphatic hydroxyl groups is 4. The van der Waals surface area contributed by atoms with Gasteiger partial charge in [-0.3, -0.25) is 4.79 Å². The Kier molecular flexibility index (Phi) is 55.6. The first-order chi connectivity index (χ1) is 33.0. The number of hydrogen-bond acceptors (Lipinski definition) is 5. The van der Waals surface area contributed by atoms with E-state index in [0.29, 0.717) is 12.8 Å². The van der Waals surface area contributed by atoms with Gasteiger partial charge in [0.1, 0.15) is 12.2 Å². The summed E-state index contributed by atoms with van der Waals surface area (Å²) in [5.74, 6) is -0.575. The van der Waals surface area contributed by atoms with E-state index in [0.717, 1.165) is 38.5 Å². The fraction of sp³-hybridized carbons (Fsp3) is 0.984. The summed E-state index contributed by atoms with van der Waals surface area (Å²) in [4.78, 5) is 12.6. The number of rotatable bonds is 58. The third kappa shape index (κ3) is 50.1. The van der Waals surface area contributed by atoms with E-state index in [2.05, 4.69) is 19.2 Å². The molecule has 402 valence electrons. The minimum atomic E-state index is -1.26. The summed E-state index contributed by atoms with van der Waals surface area (Å²) in [6.07, 6.45) is 66.2. The van der Waals surface area contributed by atoms with Gasteiger partial charge in [0.05, 0.1) is 18.8 Å². The lowest BCUT2D eigenvalue weighted by atomic mass is 9.99. The molecule has 6 heteroatoms. The van der Waals surface area contributed by atoms with Crippen LogP contribution in [-0.2, 0) is 4.79 Å². The fourth-order valence-electron chi connectivity index (χ4n) is 10.2. The Bertz CT molecular complexity index is 933. The fourth-order valence-corrected chi connectivity index (χ4v) is 10.2. The minimum absolute atomic E-state index is 0.376. The van der Waals surface area contributed by atoms with Crippen LogP contribution in [-0.4, -0.2) is 57.3 Å². The Morgan fingerprint density at radius 3 is 0.716 bits per heavy atom. The molecule has 1 amide bonds. The second kappa shape index (κ2) is 56.2. The van der Waals surface area contributed by atoms with Crippen molar-refractivity contribution in [2.75, 3.05) is 6.61 Å². The molecule has 0 saturated heterocycles. The number of unbranched alkanes of at least 4 members (excludes halogenated alkanes) is 49. The summed E-state index contributed by atoms with van der Waals surface area (Å²) < 4.78 is 0. The smallest absolute Gasteiger partial charge is 0.249 e. The number of amides is 1. The molecule has 0 aromatic rings. The highest BCUT2D eigenvalue weighted by molar-refractivity contribution is 5.80. The van der Waals surface area contributed by atoms with E-state index in [1.807, 2.05) is 0 Å². The average Bonchev–Trinajstić information content (AvgIpc) is 3.33. The summed E-state index contributed by atoms with van der Waals surface area (Å²) in [6.45, 7) is 4.11. The predicted molar refractivity (Wildman–Crippen MR) is 293 cm³/mol. The molecule has 0 rings (SSSR count). The first-order valence-corrected chi connectivity index (χ1v) is 30.9. The Morgan fingerprint density at radius 1 is 0.313 bits per heavy atom. The van der Waals surface area contributed by atoms with Crippen molar-refractivity contribution in [1.29, 1.82) is 0 Å². The van der Waals surface area contributed by atoms with E-state index >= 15 is 0 Å². The molecule has 0 aromatic heterocycles. The molecule has 4 atom stereocenters. The Balaban J connectivity index is 3.53. The van der Waals surface area contributed by atoms with Crippen molar-refractivity contribution < 1.29 is 25.2 Å². The maximum Gasteiger partial charge on any atom is 0.249 e. The second-order valence-corrected chi connectivity index (χ2v) is 21.8. The third-order valence-electron chi connectivity index (χ3n) is 15.1. The van der Waals surface area contributed by atoms with E-state index in [4.69, 9.17) is 0 Å². The average molecular weight is 951 g/mol. The number of carbonyl (C=O) groups excluding carboxylic acids is 1. The highest BCUT2D eigenvalue weighted by Gasteiger charge is 2.28. The molecule has 0 aliphatic rings. The van der Waals surface area contributed by atoms with Gasteiger partial charge in [0.25, 0.3) is 0 Å².